The van der Waals surface area contributed by atoms with Gasteiger partial charge < -0.3 is 20.5 Å². The van der Waals surface area contributed by atoms with Gasteiger partial charge in [-0.25, -0.2) is 9.97 Å². The van der Waals surface area contributed by atoms with Gasteiger partial charge in [0.15, 0.2) is 16.6 Å². The molecule has 4 aromatic rings. The van der Waals surface area contributed by atoms with Gasteiger partial charge in [-0.2, -0.15) is 0 Å². The number of anilines is 3. The fourth-order valence-electron chi connectivity index (χ4n) is 3.33. The molecule has 5 rings (SSSR count). The molecule has 0 bridgehead atoms. The van der Waals surface area contributed by atoms with E-state index in [4.69, 9.17) is 20.2 Å². The van der Waals surface area contributed by atoms with Crippen LogP contribution in [0.3, 0.4) is 0 Å². The van der Waals surface area contributed by atoms with Gasteiger partial charge in [0.05, 0.1) is 5.69 Å². The summed E-state index contributed by atoms with van der Waals surface area (Å²) in [5, 5.41) is 6.97. The first-order valence-corrected chi connectivity index (χ1v) is 11.8. The van der Waals surface area contributed by atoms with E-state index in [0.717, 1.165) is 43.5 Å². The molecule has 3 heterocycles. The van der Waals surface area contributed by atoms with Crippen LogP contribution in [-0.2, 0) is 0 Å². The minimum atomic E-state index is 0.481. The molecule has 1 aliphatic rings. The number of nitrogens with two attached hydrogens (primary N) is 1. The van der Waals surface area contributed by atoms with Crippen LogP contribution in [0.1, 0.15) is 25.3 Å². The molecule has 2 aromatic carbocycles. The highest BCUT2D eigenvalue weighted by Gasteiger charge is 2.17. The third-order valence-electron chi connectivity index (χ3n) is 5.02. The van der Waals surface area contributed by atoms with Crippen molar-refractivity contribution in [2.75, 3.05) is 24.3 Å². The summed E-state index contributed by atoms with van der Waals surface area (Å²) in [6, 6.07) is 14.3. The number of hydrogen-bond acceptors (Lipinski definition) is 8. The van der Waals surface area contributed by atoms with Crippen LogP contribution in [0.5, 0.6) is 11.5 Å². The zero-order valence-corrected chi connectivity index (χ0v) is 18.8. The van der Waals surface area contributed by atoms with Crippen LogP contribution in [0.15, 0.2) is 47.8 Å². The Kier molecular flexibility index (Phi) is 5.25. The molecule has 0 aliphatic carbocycles. The molecule has 1 aliphatic heterocycles. The normalized spacial score (nSPS) is 12.9. The van der Waals surface area contributed by atoms with E-state index in [-0.39, 0.29) is 0 Å². The van der Waals surface area contributed by atoms with Crippen molar-refractivity contribution in [3.05, 3.63) is 53.4 Å². The minimum absolute atomic E-state index is 0.481. The van der Waals surface area contributed by atoms with Crippen LogP contribution in [0.2, 0.25) is 0 Å². The minimum Gasteiger partial charge on any atom is -0.486 e. The van der Waals surface area contributed by atoms with Crippen molar-refractivity contribution in [2.24, 2.45) is 0 Å². The van der Waals surface area contributed by atoms with Gasteiger partial charge in [0.2, 0.25) is 0 Å². The van der Waals surface area contributed by atoms with Gasteiger partial charge in [-0.1, -0.05) is 37.3 Å². The summed E-state index contributed by atoms with van der Waals surface area (Å²) in [7, 11) is 0. The Morgan fingerprint density at radius 2 is 1.77 bits per heavy atom. The highest BCUT2D eigenvalue weighted by Crippen LogP contribution is 2.40. The van der Waals surface area contributed by atoms with Gasteiger partial charge in [0, 0.05) is 16.6 Å². The van der Waals surface area contributed by atoms with Crippen LogP contribution in [0.4, 0.5) is 16.6 Å². The lowest BCUT2D eigenvalue weighted by atomic mass is 10.0. The number of thiazole rings is 2. The van der Waals surface area contributed by atoms with Crippen molar-refractivity contribution in [3.8, 4) is 32.6 Å². The largest absolute Gasteiger partial charge is 0.486 e. The molecule has 31 heavy (non-hydrogen) atoms. The molecular formula is C23H22N4O2S2. The first kappa shape index (κ1) is 19.8. The average molecular weight is 451 g/mol. The summed E-state index contributed by atoms with van der Waals surface area (Å²) in [5.74, 6) is 2.51. The zero-order valence-electron chi connectivity index (χ0n) is 17.2. The average Bonchev–Trinajstić information content (AvgIpc) is 3.40. The summed E-state index contributed by atoms with van der Waals surface area (Å²) in [5.41, 5.74) is 10.4. The molecule has 0 amide bonds. The number of nitrogen functional groups attached to an aromatic ring is 1. The summed E-state index contributed by atoms with van der Waals surface area (Å²) >= 11 is 3.06. The molecule has 0 spiro atoms. The van der Waals surface area contributed by atoms with Gasteiger partial charge in [-0.15, -0.1) is 11.3 Å². The van der Waals surface area contributed by atoms with E-state index in [1.807, 2.05) is 23.6 Å². The van der Waals surface area contributed by atoms with Crippen molar-refractivity contribution in [3.63, 3.8) is 0 Å². The summed E-state index contributed by atoms with van der Waals surface area (Å²) in [6.07, 6.45) is 0. The molecule has 6 nitrogen and oxygen atoms in total. The topological polar surface area (TPSA) is 82.3 Å². The Hall–Kier alpha value is -3.10. The first-order chi connectivity index (χ1) is 15.1. The van der Waals surface area contributed by atoms with E-state index in [1.165, 1.54) is 16.9 Å². The Morgan fingerprint density at radius 1 is 1.00 bits per heavy atom. The number of hydrogen-bond donors (Lipinski definition) is 2. The van der Waals surface area contributed by atoms with Gasteiger partial charge in [-0.3, -0.25) is 0 Å². The van der Waals surface area contributed by atoms with Gasteiger partial charge in [0.1, 0.15) is 28.9 Å². The number of aromatic nitrogens is 2. The van der Waals surface area contributed by atoms with E-state index in [9.17, 15) is 0 Å². The van der Waals surface area contributed by atoms with Crippen LogP contribution >= 0.6 is 22.7 Å². The molecule has 0 radical (unpaired) electrons. The summed E-state index contributed by atoms with van der Waals surface area (Å²) in [4.78, 5) is 10.2. The van der Waals surface area contributed by atoms with Crippen molar-refractivity contribution >= 4 is 39.3 Å². The molecule has 8 heteroatoms. The lowest BCUT2D eigenvalue weighted by Crippen LogP contribution is -2.15. The van der Waals surface area contributed by atoms with Crippen LogP contribution < -0.4 is 20.5 Å². The molecule has 2 aromatic heterocycles. The second-order valence-corrected chi connectivity index (χ2v) is 9.39. The molecular weight excluding hydrogens is 428 g/mol. The first-order valence-electron chi connectivity index (χ1n) is 10.1. The highest BCUT2D eigenvalue weighted by atomic mass is 32.1. The van der Waals surface area contributed by atoms with Crippen molar-refractivity contribution in [1.82, 2.24) is 9.97 Å². The van der Waals surface area contributed by atoms with Crippen molar-refractivity contribution in [1.29, 1.82) is 0 Å². The maximum absolute atomic E-state index is 6.22. The zero-order chi connectivity index (χ0) is 21.4. The van der Waals surface area contributed by atoms with E-state index < -0.39 is 0 Å². The molecule has 0 unspecified atom stereocenters. The maximum Gasteiger partial charge on any atom is 0.189 e. The SMILES string of the molecule is CC(C)c1ccc(Nc2nc(N)c(-c3nc(-c4ccc5c(c4)OCCO5)cs3)s2)cc1. The summed E-state index contributed by atoms with van der Waals surface area (Å²) < 4.78 is 11.3. The van der Waals surface area contributed by atoms with E-state index in [0.29, 0.717) is 24.9 Å². The fourth-order valence-corrected chi connectivity index (χ4v) is 5.16. The van der Waals surface area contributed by atoms with Crippen molar-refractivity contribution < 1.29 is 9.47 Å². The number of rotatable bonds is 5. The van der Waals surface area contributed by atoms with Gasteiger partial charge >= 0.3 is 0 Å². The quantitative estimate of drug-likeness (QED) is 0.379. The van der Waals surface area contributed by atoms with E-state index in [1.54, 1.807) is 11.3 Å². The molecule has 0 fully saturated rings. The molecule has 158 valence electrons. The van der Waals surface area contributed by atoms with Crippen LogP contribution in [-0.4, -0.2) is 23.2 Å². The molecule has 0 atom stereocenters. The predicted molar refractivity (Wildman–Crippen MR) is 128 cm³/mol. The summed E-state index contributed by atoms with van der Waals surface area (Å²) in [6.45, 7) is 5.51. The molecule has 0 saturated heterocycles. The third-order valence-corrected chi connectivity index (χ3v) is 7.00. The number of fused-ring (bicyclic) bond motifs is 1. The number of benzene rings is 2. The Bertz CT molecular complexity index is 1210. The Labute approximate surface area is 188 Å². The number of nitrogens with one attached hydrogen (secondary N) is 1. The fraction of sp³-hybridized carbons (Fsp3) is 0.217. The Balaban J connectivity index is 1.37. The van der Waals surface area contributed by atoms with Crippen molar-refractivity contribution in [2.45, 2.75) is 19.8 Å². The smallest absolute Gasteiger partial charge is 0.189 e. The standard InChI is InChI=1S/C23H22N4O2S2/c1-13(2)14-3-6-16(7-4-14)25-23-27-21(24)20(31-23)22-26-17(12-30-22)15-5-8-18-19(11-15)29-10-9-28-18/h3-8,11-13H,9-10,24H2,1-2H3,(H,25,27). The van der Waals surface area contributed by atoms with Gasteiger partial charge in [0.25, 0.3) is 0 Å². The number of nitrogens with zero attached hydrogens (tertiary/aromatic N) is 2. The van der Waals surface area contributed by atoms with E-state index >= 15 is 0 Å². The molecule has 3 N–H and O–H groups in total. The van der Waals surface area contributed by atoms with Crippen LogP contribution in [0.25, 0.3) is 21.1 Å². The lowest BCUT2D eigenvalue weighted by Gasteiger charge is -2.18. The Morgan fingerprint density at radius 3 is 2.55 bits per heavy atom. The second-order valence-electron chi connectivity index (χ2n) is 7.53. The molecule has 0 saturated carbocycles. The number of ether oxygens (including phenoxy) is 2. The highest BCUT2D eigenvalue weighted by molar-refractivity contribution is 7.23. The third kappa shape index (κ3) is 4.08. The van der Waals surface area contributed by atoms with Gasteiger partial charge in [-0.05, 0) is 41.8 Å². The predicted octanol–water partition coefficient (Wildman–Crippen LogP) is 6.15. The monoisotopic (exact) mass is 450 g/mol. The lowest BCUT2D eigenvalue weighted by molar-refractivity contribution is 0.171. The second kappa shape index (κ2) is 8.20. The van der Waals surface area contributed by atoms with E-state index in [2.05, 4.69) is 48.4 Å². The van der Waals surface area contributed by atoms with Crippen LogP contribution in [0, 0.1) is 0 Å². The maximum atomic E-state index is 6.22.